The SMILES string of the molecule is Cc1ccc2nc(N3CCN(Cc4ccccc4)CC3)c(/C=C3\SC(=S)N(Cc4ccccc4)C3=O)c(=O)n2c1. The third-order valence-electron chi connectivity index (χ3n) is 7.24. The van der Waals surface area contributed by atoms with Crippen molar-refractivity contribution in [1.29, 1.82) is 0 Å². The Bertz CT molecular complexity index is 1660. The molecule has 2 aromatic carbocycles. The summed E-state index contributed by atoms with van der Waals surface area (Å²) in [7, 11) is 0. The molecular formula is C31H29N5O2S2. The maximum absolute atomic E-state index is 13.9. The van der Waals surface area contributed by atoms with Crippen molar-refractivity contribution in [3.8, 4) is 0 Å². The molecule has 202 valence electrons. The van der Waals surface area contributed by atoms with Gasteiger partial charge in [0.2, 0.25) is 0 Å². The van der Waals surface area contributed by atoms with Crippen LogP contribution in [0.15, 0.2) is 88.7 Å². The molecule has 2 saturated heterocycles. The molecule has 4 aromatic rings. The molecular weight excluding hydrogens is 539 g/mol. The third kappa shape index (κ3) is 5.45. The average molecular weight is 568 g/mol. The standard InChI is InChI=1S/C31H29N5O2S2/c1-22-12-13-27-32-28(34-16-14-33(15-17-34)20-23-8-4-2-5-9-23)25(29(37)35(27)19-22)18-26-30(38)36(31(39)40-26)21-24-10-6-3-7-11-24/h2-13,18-19H,14-17,20-21H2,1H3/b26-18-. The number of pyridine rings is 1. The van der Waals surface area contributed by atoms with Crippen LogP contribution in [0.5, 0.6) is 0 Å². The Kier molecular flexibility index (Phi) is 7.51. The Labute approximate surface area is 242 Å². The summed E-state index contributed by atoms with van der Waals surface area (Å²) in [5.41, 5.74) is 4.05. The van der Waals surface area contributed by atoms with E-state index >= 15 is 0 Å². The number of piperazine rings is 1. The van der Waals surface area contributed by atoms with Crippen molar-refractivity contribution < 1.29 is 4.79 Å². The molecule has 2 aliphatic rings. The van der Waals surface area contributed by atoms with Crippen LogP contribution in [0, 0.1) is 6.92 Å². The molecule has 0 bridgehead atoms. The fourth-order valence-electron chi connectivity index (χ4n) is 5.11. The largest absolute Gasteiger partial charge is 0.353 e. The monoisotopic (exact) mass is 567 g/mol. The van der Waals surface area contributed by atoms with E-state index < -0.39 is 0 Å². The zero-order valence-corrected chi connectivity index (χ0v) is 23.8. The van der Waals surface area contributed by atoms with Crippen molar-refractivity contribution in [3.63, 3.8) is 0 Å². The van der Waals surface area contributed by atoms with Gasteiger partial charge >= 0.3 is 0 Å². The number of carbonyl (C=O) groups is 1. The first kappa shape index (κ1) is 26.4. The Hall–Kier alpha value is -3.79. The molecule has 0 saturated carbocycles. The third-order valence-corrected chi connectivity index (χ3v) is 8.62. The number of hydrogen-bond donors (Lipinski definition) is 0. The normalized spacial score (nSPS) is 17.4. The predicted octanol–water partition coefficient (Wildman–Crippen LogP) is 4.73. The number of anilines is 1. The molecule has 7 nitrogen and oxygen atoms in total. The first-order chi connectivity index (χ1) is 19.5. The maximum Gasteiger partial charge on any atom is 0.267 e. The molecule has 9 heteroatoms. The van der Waals surface area contributed by atoms with Crippen LogP contribution in [-0.4, -0.2) is 55.6 Å². The van der Waals surface area contributed by atoms with Crippen LogP contribution in [-0.2, 0) is 17.9 Å². The fraction of sp³-hybridized carbons (Fsp3) is 0.226. The Morgan fingerprint density at radius 3 is 2.20 bits per heavy atom. The van der Waals surface area contributed by atoms with Gasteiger partial charge in [-0.05, 0) is 35.8 Å². The van der Waals surface area contributed by atoms with Crippen LogP contribution < -0.4 is 10.5 Å². The van der Waals surface area contributed by atoms with Gasteiger partial charge < -0.3 is 4.90 Å². The van der Waals surface area contributed by atoms with Gasteiger partial charge in [0, 0.05) is 38.9 Å². The van der Waals surface area contributed by atoms with E-state index in [2.05, 4.69) is 34.1 Å². The maximum atomic E-state index is 13.9. The zero-order chi connectivity index (χ0) is 27.6. The van der Waals surface area contributed by atoms with E-state index in [1.165, 1.54) is 17.3 Å². The molecule has 0 atom stereocenters. The van der Waals surface area contributed by atoms with Gasteiger partial charge in [-0.2, -0.15) is 0 Å². The van der Waals surface area contributed by atoms with Crippen molar-refractivity contribution in [2.75, 3.05) is 31.1 Å². The molecule has 0 N–H and O–H groups in total. The van der Waals surface area contributed by atoms with Crippen molar-refractivity contribution in [2.45, 2.75) is 20.0 Å². The van der Waals surface area contributed by atoms with Gasteiger partial charge in [0.05, 0.1) is 17.0 Å². The molecule has 2 aliphatic heterocycles. The summed E-state index contributed by atoms with van der Waals surface area (Å²) in [6.45, 7) is 6.39. The van der Waals surface area contributed by atoms with Gasteiger partial charge in [0.15, 0.2) is 0 Å². The average Bonchev–Trinajstić information content (AvgIpc) is 3.23. The molecule has 0 spiro atoms. The number of carbonyl (C=O) groups excluding carboxylic acids is 1. The minimum absolute atomic E-state index is 0.189. The number of hydrogen-bond acceptors (Lipinski definition) is 7. The lowest BCUT2D eigenvalue weighted by molar-refractivity contribution is -0.122. The molecule has 0 aliphatic carbocycles. The van der Waals surface area contributed by atoms with E-state index in [1.807, 2.05) is 55.5 Å². The quantitative estimate of drug-likeness (QED) is 0.247. The lowest BCUT2D eigenvalue weighted by Crippen LogP contribution is -2.47. The Morgan fingerprint density at radius 1 is 0.875 bits per heavy atom. The van der Waals surface area contributed by atoms with Crippen molar-refractivity contribution >= 4 is 51.7 Å². The van der Waals surface area contributed by atoms with Crippen LogP contribution in [0.3, 0.4) is 0 Å². The van der Waals surface area contributed by atoms with E-state index in [-0.39, 0.29) is 11.5 Å². The Balaban J connectivity index is 1.32. The summed E-state index contributed by atoms with van der Waals surface area (Å²) in [5, 5.41) is 0. The number of thiocarbonyl (C=S) groups is 1. The molecule has 40 heavy (non-hydrogen) atoms. The van der Waals surface area contributed by atoms with E-state index in [1.54, 1.807) is 21.6 Å². The topological polar surface area (TPSA) is 61.2 Å². The minimum Gasteiger partial charge on any atom is -0.353 e. The molecule has 2 fully saturated rings. The summed E-state index contributed by atoms with van der Waals surface area (Å²) < 4.78 is 2.06. The first-order valence-electron chi connectivity index (χ1n) is 13.3. The minimum atomic E-state index is -0.191. The van der Waals surface area contributed by atoms with Crippen LogP contribution in [0.25, 0.3) is 11.7 Å². The van der Waals surface area contributed by atoms with Crippen molar-refractivity contribution in [2.24, 2.45) is 0 Å². The second kappa shape index (κ2) is 11.4. The highest BCUT2D eigenvalue weighted by molar-refractivity contribution is 8.26. The van der Waals surface area contributed by atoms with Crippen molar-refractivity contribution in [3.05, 3.63) is 117 Å². The molecule has 1 amide bonds. The van der Waals surface area contributed by atoms with Gasteiger partial charge in [-0.1, -0.05) is 90.7 Å². The summed E-state index contributed by atoms with van der Waals surface area (Å²) in [4.78, 5) is 38.9. The molecule has 6 rings (SSSR count). The molecule has 0 radical (unpaired) electrons. The molecule has 0 unspecified atom stereocenters. The number of rotatable bonds is 6. The second-order valence-corrected chi connectivity index (χ2v) is 11.8. The number of aryl methyl sites for hydroxylation is 1. The van der Waals surface area contributed by atoms with Crippen LogP contribution >= 0.6 is 24.0 Å². The number of benzene rings is 2. The van der Waals surface area contributed by atoms with Gasteiger partial charge in [-0.25, -0.2) is 4.98 Å². The van der Waals surface area contributed by atoms with Crippen molar-refractivity contribution in [1.82, 2.24) is 19.2 Å². The van der Waals surface area contributed by atoms with Gasteiger partial charge in [-0.15, -0.1) is 0 Å². The highest BCUT2D eigenvalue weighted by Gasteiger charge is 2.33. The van der Waals surface area contributed by atoms with Gasteiger partial charge in [0.25, 0.3) is 11.5 Å². The fourth-order valence-corrected chi connectivity index (χ4v) is 6.34. The number of nitrogens with zero attached hydrogens (tertiary/aromatic N) is 5. The van der Waals surface area contributed by atoms with Crippen LogP contribution in [0.1, 0.15) is 22.3 Å². The van der Waals surface area contributed by atoms with Crippen LogP contribution in [0.2, 0.25) is 0 Å². The summed E-state index contributed by atoms with van der Waals surface area (Å²) in [5.74, 6) is 0.424. The van der Waals surface area contributed by atoms with Gasteiger partial charge in [-0.3, -0.25) is 23.8 Å². The summed E-state index contributed by atoms with van der Waals surface area (Å²) in [6.07, 6.45) is 3.49. The lowest BCUT2D eigenvalue weighted by atomic mass is 10.1. The van der Waals surface area contributed by atoms with E-state index in [9.17, 15) is 9.59 Å². The smallest absolute Gasteiger partial charge is 0.267 e. The van der Waals surface area contributed by atoms with Gasteiger partial charge in [0.1, 0.15) is 15.8 Å². The lowest BCUT2D eigenvalue weighted by Gasteiger charge is -2.36. The van der Waals surface area contributed by atoms with Crippen LogP contribution in [0.4, 0.5) is 5.82 Å². The number of fused-ring (bicyclic) bond motifs is 1. The molecule has 4 heterocycles. The first-order valence-corrected chi connectivity index (χ1v) is 14.5. The highest BCUT2D eigenvalue weighted by Crippen LogP contribution is 2.34. The molecule has 2 aromatic heterocycles. The Morgan fingerprint density at radius 2 is 1.52 bits per heavy atom. The van der Waals surface area contributed by atoms with E-state index in [0.29, 0.717) is 32.8 Å². The predicted molar refractivity (Wildman–Crippen MR) is 165 cm³/mol. The number of thioether (sulfide) groups is 1. The zero-order valence-electron chi connectivity index (χ0n) is 22.2. The number of amides is 1. The summed E-state index contributed by atoms with van der Waals surface area (Å²) >= 11 is 6.81. The summed E-state index contributed by atoms with van der Waals surface area (Å²) in [6, 6.07) is 24.0. The number of aromatic nitrogens is 2. The van der Waals surface area contributed by atoms with E-state index in [0.717, 1.165) is 43.9 Å². The second-order valence-electron chi connectivity index (χ2n) is 10.1. The van der Waals surface area contributed by atoms with E-state index in [4.69, 9.17) is 17.2 Å². The highest BCUT2D eigenvalue weighted by atomic mass is 32.2.